The van der Waals surface area contributed by atoms with E-state index in [1.807, 2.05) is 14.1 Å². The highest BCUT2D eigenvalue weighted by molar-refractivity contribution is 7.80. The summed E-state index contributed by atoms with van der Waals surface area (Å²) in [6, 6.07) is 7.04. The molecule has 0 spiro atoms. The average Bonchev–Trinajstić information content (AvgIpc) is 2.80. The number of ether oxygens (including phenoxy) is 1. The van der Waals surface area contributed by atoms with Gasteiger partial charge in [-0.15, -0.1) is 0 Å². The molecule has 0 amide bonds. The van der Waals surface area contributed by atoms with Gasteiger partial charge in [0.05, 0.1) is 11.4 Å². The maximum Gasteiger partial charge on any atom is 0.387 e. The molecule has 0 atom stereocenters. The van der Waals surface area contributed by atoms with Crippen LogP contribution in [0.4, 0.5) is 26.2 Å². The third-order valence-electron chi connectivity index (χ3n) is 6.33. The molecular formula is C24H32F2N6OS. The minimum Gasteiger partial charge on any atom is -0.433 e. The van der Waals surface area contributed by atoms with Crippen LogP contribution in [0.25, 0.3) is 0 Å². The van der Waals surface area contributed by atoms with Crippen molar-refractivity contribution in [2.45, 2.75) is 70.1 Å². The van der Waals surface area contributed by atoms with Gasteiger partial charge in [-0.1, -0.05) is 12.1 Å². The molecule has 2 aromatic rings. The Labute approximate surface area is 204 Å². The number of aryl methyl sites for hydroxylation is 1. The molecule has 0 saturated heterocycles. The summed E-state index contributed by atoms with van der Waals surface area (Å²) in [6.45, 7) is -2.89. The van der Waals surface area contributed by atoms with Gasteiger partial charge in [0, 0.05) is 31.7 Å². The van der Waals surface area contributed by atoms with E-state index in [-0.39, 0.29) is 11.8 Å². The summed E-state index contributed by atoms with van der Waals surface area (Å²) in [6.07, 6.45) is 8.22. The van der Waals surface area contributed by atoms with Crippen molar-refractivity contribution in [3.63, 3.8) is 0 Å². The number of nitrogens with one attached hydrogen (secondary N) is 3. The Kier molecular flexibility index (Phi) is 7.97. The summed E-state index contributed by atoms with van der Waals surface area (Å²) in [7, 11) is 4.07. The average molecular weight is 491 g/mol. The van der Waals surface area contributed by atoms with E-state index in [0.717, 1.165) is 44.3 Å². The van der Waals surface area contributed by atoms with Gasteiger partial charge in [-0.2, -0.15) is 13.8 Å². The minimum atomic E-state index is -2.89. The van der Waals surface area contributed by atoms with Crippen LogP contribution in [0.3, 0.4) is 0 Å². The standard InChI is InChI=1S/C24H32F2N6OS/c1-32(2)21-17-7-3-4-8-18(17)29-23(31-21)27-15-11-13-16(14-12-15)28-24(34)30-19-9-5-6-10-20(19)33-22(25)26/h5-6,9-10,15-16,22H,3-4,7-8,11-14H2,1-2H3,(H,27,29,31)(H2,28,30,34)/t15-,16+. The number of aromatic nitrogens is 2. The fourth-order valence-electron chi connectivity index (χ4n) is 4.69. The van der Waals surface area contributed by atoms with Crippen LogP contribution in [-0.2, 0) is 12.8 Å². The summed E-state index contributed by atoms with van der Waals surface area (Å²) in [5.74, 6) is 1.81. The van der Waals surface area contributed by atoms with E-state index >= 15 is 0 Å². The van der Waals surface area contributed by atoms with Crippen molar-refractivity contribution in [2.75, 3.05) is 29.6 Å². The van der Waals surface area contributed by atoms with Crippen LogP contribution in [0.1, 0.15) is 49.8 Å². The predicted octanol–water partition coefficient (Wildman–Crippen LogP) is 4.73. The van der Waals surface area contributed by atoms with Crippen LogP contribution in [0.5, 0.6) is 5.75 Å². The van der Waals surface area contributed by atoms with E-state index in [0.29, 0.717) is 22.8 Å². The predicted molar refractivity (Wildman–Crippen MR) is 135 cm³/mol. The first-order valence-corrected chi connectivity index (χ1v) is 12.2. The zero-order valence-electron chi connectivity index (χ0n) is 19.6. The number of alkyl halides is 2. The molecule has 1 heterocycles. The second-order valence-electron chi connectivity index (χ2n) is 9.06. The van der Waals surface area contributed by atoms with Crippen LogP contribution in [-0.4, -0.2) is 47.9 Å². The number of rotatable bonds is 7. The third kappa shape index (κ3) is 6.22. The lowest BCUT2D eigenvalue weighted by Crippen LogP contribution is -2.42. The molecule has 1 saturated carbocycles. The van der Waals surface area contributed by atoms with Crippen molar-refractivity contribution in [2.24, 2.45) is 0 Å². The van der Waals surface area contributed by atoms with Gasteiger partial charge in [0.2, 0.25) is 5.95 Å². The molecule has 0 radical (unpaired) electrons. The number of fused-ring (bicyclic) bond motifs is 1. The summed E-state index contributed by atoms with van der Waals surface area (Å²) in [4.78, 5) is 11.7. The number of halogens is 2. The smallest absolute Gasteiger partial charge is 0.387 e. The van der Waals surface area contributed by atoms with Gasteiger partial charge in [0.25, 0.3) is 0 Å². The number of para-hydroxylation sites is 2. The molecular weight excluding hydrogens is 458 g/mol. The van der Waals surface area contributed by atoms with Crippen LogP contribution < -0.4 is 25.6 Å². The first-order chi connectivity index (χ1) is 16.4. The van der Waals surface area contributed by atoms with E-state index in [1.165, 1.54) is 30.2 Å². The fourth-order valence-corrected chi connectivity index (χ4v) is 4.96. The van der Waals surface area contributed by atoms with E-state index < -0.39 is 6.61 Å². The molecule has 2 aliphatic carbocycles. The Morgan fingerprint density at radius 1 is 1.06 bits per heavy atom. The normalized spacial score (nSPS) is 19.8. The lowest BCUT2D eigenvalue weighted by atomic mass is 9.91. The van der Waals surface area contributed by atoms with Crippen LogP contribution in [0.15, 0.2) is 24.3 Å². The van der Waals surface area contributed by atoms with Crippen molar-refractivity contribution in [3.05, 3.63) is 35.5 Å². The van der Waals surface area contributed by atoms with Crippen molar-refractivity contribution < 1.29 is 13.5 Å². The Morgan fingerprint density at radius 3 is 2.50 bits per heavy atom. The monoisotopic (exact) mass is 490 g/mol. The number of benzene rings is 1. The Hall–Kier alpha value is -2.75. The van der Waals surface area contributed by atoms with E-state index in [2.05, 4.69) is 25.6 Å². The highest BCUT2D eigenvalue weighted by Gasteiger charge is 2.24. The number of anilines is 3. The zero-order chi connectivity index (χ0) is 24.1. The Morgan fingerprint density at radius 2 is 1.76 bits per heavy atom. The summed E-state index contributed by atoms with van der Waals surface area (Å²) in [5.41, 5.74) is 2.88. The maximum atomic E-state index is 12.6. The van der Waals surface area contributed by atoms with Crippen LogP contribution in [0.2, 0.25) is 0 Å². The molecule has 1 aromatic heterocycles. The zero-order valence-corrected chi connectivity index (χ0v) is 20.4. The number of hydrogen-bond acceptors (Lipinski definition) is 6. The van der Waals surface area contributed by atoms with E-state index in [1.54, 1.807) is 18.2 Å². The van der Waals surface area contributed by atoms with E-state index in [4.69, 9.17) is 22.2 Å². The van der Waals surface area contributed by atoms with Gasteiger partial charge in [0.1, 0.15) is 11.6 Å². The maximum absolute atomic E-state index is 12.6. The van der Waals surface area contributed by atoms with Gasteiger partial charge in [-0.25, -0.2) is 4.98 Å². The molecule has 3 N–H and O–H groups in total. The number of nitrogens with zero attached hydrogens (tertiary/aromatic N) is 3. The molecule has 0 aliphatic heterocycles. The summed E-state index contributed by atoms with van der Waals surface area (Å²) >= 11 is 5.41. The molecule has 34 heavy (non-hydrogen) atoms. The number of thiocarbonyl (C=S) groups is 1. The van der Waals surface area contributed by atoms with Crippen molar-refractivity contribution >= 4 is 34.8 Å². The van der Waals surface area contributed by atoms with Crippen molar-refractivity contribution in [1.29, 1.82) is 0 Å². The third-order valence-corrected chi connectivity index (χ3v) is 6.55. The largest absolute Gasteiger partial charge is 0.433 e. The second-order valence-corrected chi connectivity index (χ2v) is 9.47. The quantitative estimate of drug-likeness (QED) is 0.481. The Bertz CT molecular complexity index is 997. The lowest BCUT2D eigenvalue weighted by Gasteiger charge is -2.31. The van der Waals surface area contributed by atoms with E-state index in [9.17, 15) is 8.78 Å². The highest BCUT2D eigenvalue weighted by Crippen LogP contribution is 2.30. The molecule has 10 heteroatoms. The topological polar surface area (TPSA) is 74.3 Å². The van der Waals surface area contributed by atoms with Gasteiger partial charge in [-0.05, 0) is 75.7 Å². The fraction of sp³-hybridized carbons (Fsp3) is 0.542. The lowest BCUT2D eigenvalue weighted by molar-refractivity contribution is -0.0493. The number of hydrogen-bond donors (Lipinski definition) is 3. The Balaban J connectivity index is 1.30. The van der Waals surface area contributed by atoms with Gasteiger partial charge in [-0.3, -0.25) is 0 Å². The molecule has 2 aliphatic rings. The molecule has 184 valence electrons. The first kappa shape index (κ1) is 24.4. The van der Waals surface area contributed by atoms with Gasteiger partial charge >= 0.3 is 6.61 Å². The highest BCUT2D eigenvalue weighted by atomic mass is 32.1. The van der Waals surface area contributed by atoms with Gasteiger partial charge in [0.15, 0.2) is 5.11 Å². The summed E-state index contributed by atoms with van der Waals surface area (Å²) < 4.78 is 29.8. The molecule has 1 aromatic carbocycles. The molecule has 0 unspecified atom stereocenters. The van der Waals surface area contributed by atoms with Crippen LogP contribution in [0, 0.1) is 0 Å². The molecule has 1 fully saturated rings. The van der Waals surface area contributed by atoms with Crippen molar-refractivity contribution in [3.8, 4) is 5.75 Å². The van der Waals surface area contributed by atoms with Gasteiger partial charge < -0.3 is 25.6 Å². The van der Waals surface area contributed by atoms with Crippen molar-refractivity contribution in [1.82, 2.24) is 15.3 Å². The first-order valence-electron chi connectivity index (χ1n) is 11.8. The second kappa shape index (κ2) is 11.1. The molecule has 4 rings (SSSR count). The molecule has 0 bridgehead atoms. The minimum absolute atomic E-state index is 0.0664. The summed E-state index contributed by atoms with van der Waals surface area (Å²) in [5, 5.41) is 10.2. The van der Waals surface area contributed by atoms with Crippen LogP contribution >= 0.6 is 12.2 Å². The molecule has 7 nitrogen and oxygen atoms in total. The SMILES string of the molecule is CN(C)c1nc(N[C@H]2CC[C@@H](NC(=S)Nc3ccccc3OC(F)F)CC2)nc2c1CCCC2.